The molecule has 0 radical (unpaired) electrons. The molecule has 3 aromatic rings. The lowest BCUT2D eigenvalue weighted by molar-refractivity contribution is -0.135. The van der Waals surface area contributed by atoms with Crippen LogP contribution in [-0.2, 0) is 16.8 Å². The van der Waals surface area contributed by atoms with Gasteiger partial charge in [-0.3, -0.25) is 9.59 Å². The molecule has 3 aromatic carbocycles. The number of hydrogen-bond acceptors (Lipinski definition) is 5. The lowest BCUT2D eigenvalue weighted by atomic mass is 9.88. The highest BCUT2D eigenvalue weighted by Crippen LogP contribution is 2.44. The molecule has 0 saturated heterocycles. The number of hydrogen-bond donors (Lipinski definition) is 1. The first-order valence-electron chi connectivity index (χ1n) is 10.5. The molecule has 1 amide bonds. The Morgan fingerprint density at radius 1 is 1.03 bits per heavy atom. The monoisotopic (exact) mass is 509 g/mol. The van der Waals surface area contributed by atoms with Crippen molar-refractivity contribution in [1.29, 1.82) is 0 Å². The van der Waals surface area contributed by atoms with Crippen LogP contribution in [0.5, 0.6) is 11.5 Å². The van der Waals surface area contributed by atoms with Gasteiger partial charge in [0.05, 0.1) is 31.9 Å². The molecule has 0 fully saturated rings. The molecule has 1 aliphatic heterocycles. The molecule has 1 unspecified atom stereocenters. The van der Waals surface area contributed by atoms with E-state index in [9.17, 15) is 14.7 Å². The van der Waals surface area contributed by atoms with Crippen LogP contribution in [0.25, 0.3) is 0 Å². The minimum atomic E-state index is -1.97. The van der Waals surface area contributed by atoms with E-state index in [2.05, 4.69) is 15.9 Å². The number of rotatable bonds is 8. The highest BCUT2D eigenvalue weighted by Gasteiger charge is 2.51. The Morgan fingerprint density at radius 3 is 2.48 bits per heavy atom. The van der Waals surface area contributed by atoms with Crippen LogP contribution in [0.2, 0.25) is 0 Å². The number of Topliss-reactive ketones (excluding diaryl/α,β-unsaturated/α-hetero) is 1. The molecule has 0 saturated carbocycles. The van der Waals surface area contributed by atoms with Gasteiger partial charge < -0.3 is 19.5 Å². The van der Waals surface area contributed by atoms with Crippen molar-refractivity contribution in [3.8, 4) is 11.5 Å². The Kier molecular flexibility index (Phi) is 6.54. The summed E-state index contributed by atoms with van der Waals surface area (Å²) in [6.07, 6.45) is 0.220. The molecular formula is C26H24BrNO5. The van der Waals surface area contributed by atoms with E-state index in [0.29, 0.717) is 40.2 Å². The largest absolute Gasteiger partial charge is 0.497 e. The first-order valence-corrected chi connectivity index (χ1v) is 11.3. The SMILES string of the molecule is COc1ccc(C(=O)CC2(O)C(=O)N(CCc3ccccc3)c3ccc(Br)cc32)c(OC)c1. The van der Waals surface area contributed by atoms with Crippen LogP contribution in [0.4, 0.5) is 5.69 Å². The number of benzene rings is 3. The Morgan fingerprint density at radius 2 is 1.79 bits per heavy atom. The fourth-order valence-electron chi connectivity index (χ4n) is 4.16. The van der Waals surface area contributed by atoms with E-state index in [4.69, 9.17) is 9.47 Å². The molecule has 33 heavy (non-hydrogen) atoms. The zero-order valence-corrected chi connectivity index (χ0v) is 20.0. The maximum Gasteiger partial charge on any atom is 0.264 e. The van der Waals surface area contributed by atoms with Crippen LogP contribution in [0.15, 0.2) is 71.2 Å². The third-order valence-corrected chi connectivity index (χ3v) is 6.38. The molecule has 0 aromatic heterocycles. The van der Waals surface area contributed by atoms with Crippen molar-refractivity contribution >= 4 is 33.3 Å². The van der Waals surface area contributed by atoms with Crippen LogP contribution in [0.3, 0.4) is 0 Å². The third-order valence-electron chi connectivity index (χ3n) is 5.89. The average Bonchev–Trinajstić information content (AvgIpc) is 3.03. The summed E-state index contributed by atoms with van der Waals surface area (Å²) >= 11 is 3.42. The first kappa shape index (κ1) is 23.0. The number of carbonyl (C=O) groups excluding carboxylic acids is 2. The molecule has 0 spiro atoms. The number of ether oxygens (including phenoxy) is 2. The lowest BCUT2D eigenvalue weighted by Gasteiger charge is -2.23. The van der Waals surface area contributed by atoms with Gasteiger partial charge in [-0.1, -0.05) is 46.3 Å². The Bertz CT molecular complexity index is 1200. The second-order valence-electron chi connectivity index (χ2n) is 7.88. The molecule has 4 rings (SSSR count). The van der Waals surface area contributed by atoms with Crippen molar-refractivity contribution in [1.82, 2.24) is 0 Å². The molecule has 1 heterocycles. The van der Waals surface area contributed by atoms with Crippen LogP contribution in [-0.4, -0.2) is 37.6 Å². The maximum atomic E-state index is 13.5. The summed E-state index contributed by atoms with van der Waals surface area (Å²) < 4.78 is 11.3. The van der Waals surface area contributed by atoms with Gasteiger partial charge in [-0.2, -0.15) is 0 Å². The van der Waals surface area contributed by atoms with E-state index in [-0.39, 0.29) is 5.56 Å². The predicted molar refractivity (Wildman–Crippen MR) is 129 cm³/mol. The maximum absolute atomic E-state index is 13.5. The van der Waals surface area contributed by atoms with Gasteiger partial charge in [-0.05, 0) is 42.3 Å². The normalized spacial score (nSPS) is 17.1. The zero-order valence-electron chi connectivity index (χ0n) is 18.4. The number of anilines is 1. The first-order chi connectivity index (χ1) is 15.9. The summed E-state index contributed by atoms with van der Waals surface area (Å²) in [6, 6.07) is 20.0. The Hall–Kier alpha value is -3.16. The van der Waals surface area contributed by atoms with Gasteiger partial charge in [0, 0.05) is 22.6 Å². The lowest BCUT2D eigenvalue weighted by Crippen LogP contribution is -2.42. The fraction of sp³-hybridized carbons (Fsp3) is 0.231. The van der Waals surface area contributed by atoms with Crippen molar-refractivity contribution in [3.05, 3.63) is 87.9 Å². The second kappa shape index (κ2) is 9.37. The van der Waals surface area contributed by atoms with Crippen molar-refractivity contribution in [2.24, 2.45) is 0 Å². The number of nitrogens with zero attached hydrogens (tertiary/aromatic N) is 1. The van der Waals surface area contributed by atoms with E-state index >= 15 is 0 Å². The number of ketones is 1. The van der Waals surface area contributed by atoms with Gasteiger partial charge in [0.1, 0.15) is 11.5 Å². The number of amides is 1. The van der Waals surface area contributed by atoms with Gasteiger partial charge in [0.25, 0.3) is 5.91 Å². The summed E-state index contributed by atoms with van der Waals surface area (Å²) in [5.41, 5.74) is 0.404. The van der Waals surface area contributed by atoms with Gasteiger partial charge in [0.2, 0.25) is 0 Å². The predicted octanol–water partition coefficient (Wildman–Crippen LogP) is 4.52. The third kappa shape index (κ3) is 4.38. The van der Waals surface area contributed by atoms with Crippen molar-refractivity contribution in [2.45, 2.75) is 18.4 Å². The van der Waals surface area contributed by atoms with E-state index in [0.717, 1.165) is 5.56 Å². The highest BCUT2D eigenvalue weighted by molar-refractivity contribution is 9.10. The van der Waals surface area contributed by atoms with Gasteiger partial charge >= 0.3 is 0 Å². The molecule has 6 nitrogen and oxygen atoms in total. The highest BCUT2D eigenvalue weighted by atomic mass is 79.9. The minimum Gasteiger partial charge on any atom is -0.497 e. The number of aliphatic hydroxyl groups is 1. The molecular weight excluding hydrogens is 486 g/mol. The Balaban J connectivity index is 1.65. The van der Waals surface area contributed by atoms with Crippen LogP contribution < -0.4 is 14.4 Å². The molecule has 170 valence electrons. The molecule has 1 N–H and O–H groups in total. The zero-order chi connectivity index (χ0) is 23.6. The molecule has 0 bridgehead atoms. The van der Waals surface area contributed by atoms with Crippen molar-refractivity contribution < 1.29 is 24.2 Å². The van der Waals surface area contributed by atoms with Crippen LogP contribution >= 0.6 is 15.9 Å². The molecule has 7 heteroatoms. The summed E-state index contributed by atoms with van der Waals surface area (Å²) in [6.45, 7) is 0.389. The second-order valence-corrected chi connectivity index (χ2v) is 8.80. The van der Waals surface area contributed by atoms with Crippen LogP contribution in [0, 0.1) is 0 Å². The number of halogens is 1. The number of methoxy groups -OCH3 is 2. The van der Waals surface area contributed by atoms with Crippen LogP contribution in [0.1, 0.15) is 27.9 Å². The molecule has 1 atom stereocenters. The summed E-state index contributed by atoms with van der Waals surface area (Å²) in [4.78, 5) is 28.3. The van der Waals surface area contributed by atoms with E-state index in [1.165, 1.54) is 14.2 Å². The summed E-state index contributed by atoms with van der Waals surface area (Å²) in [5.74, 6) is -0.0437. The van der Waals surface area contributed by atoms with E-state index in [1.54, 1.807) is 35.2 Å². The quantitative estimate of drug-likeness (QED) is 0.452. The van der Waals surface area contributed by atoms with Gasteiger partial charge in [-0.15, -0.1) is 0 Å². The van der Waals surface area contributed by atoms with E-state index < -0.39 is 23.7 Å². The summed E-state index contributed by atoms with van der Waals surface area (Å²) in [7, 11) is 2.98. The molecule has 0 aliphatic carbocycles. The molecule has 1 aliphatic rings. The smallest absolute Gasteiger partial charge is 0.264 e. The standard InChI is InChI=1S/C26H24BrNO5/c1-32-19-9-10-20(24(15-19)33-2)23(29)16-26(31)21-14-18(27)8-11-22(21)28(25(26)30)13-12-17-6-4-3-5-7-17/h3-11,14-15,31H,12-13,16H2,1-2H3. The van der Waals surface area contributed by atoms with Crippen molar-refractivity contribution in [3.63, 3.8) is 0 Å². The fourth-order valence-corrected chi connectivity index (χ4v) is 4.52. The number of fused-ring (bicyclic) bond motifs is 1. The summed E-state index contributed by atoms with van der Waals surface area (Å²) in [5, 5.41) is 11.6. The van der Waals surface area contributed by atoms with Gasteiger partial charge in [0.15, 0.2) is 11.4 Å². The average molecular weight is 510 g/mol. The van der Waals surface area contributed by atoms with E-state index in [1.807, 2.05) is 36.4 Å². The van der Waals surface area contributed by atoms with Crippen molar-refractivity contribution in [2.75, 3.05) is 25.7 Å². The Labute approximate surface area is 200 Å². The van der Waals surface area contributed by atoms with Gasteiger partial charge in [-0.25, -0.2) is 0 Å². The number of carbonyl (C=O) groups is 2. The minimum absolute atomic E-state index is 0.277. The topological polar surface area (TPSA) is 76.1 Å².